The van der Waals surface area contributed by atoms with Gasteiger partial charge in [-0.1, -0.05) is 12.1 Å². The van der Waals surface area contributed by atoms with Crippen molar-refractivity contribution in [1.82, 2.24) is 0 Å². The molecule has 0 atom stereocenters. The number of carbonyl (C=O) groups is 1. The Balaban J connectivity index is 1.62. The lowest BCUT2D eigenvalue weighted by atomic mass is 10.2. The summed E-state index contributed by atoms with van der Waals surface area (Å²) >= 11 is 1.68. The van der Waals surface area contributed by atoms with Gasteiger partial charge in [0.05, 0.1) is 11.4 Å². The molecule has 110 valence electrons. The van der Waals surface area contributed by atoms with Gasteiger partial charge < -0.3 is 10.2 Å². The number of nitrogens with one attached hydrogen (secondary N) is 1. The number of rotatable bonds is 5. The molecule has 2 heterocycles. The Kier molecular flexibility index (Phi) is 4.55. The third-order valence-corrected chi connectivity index (χ3v) is 4.58. The Morgan fingerprint density at radius 2 is 2.00 bits per heavy atom. The molecular weight excluding hydrogens is 280 g/mol. The van der Waals surface area contributed by atoms with Gasteiger partial charge in [-0.3, -0.25) is 4.79 Å². The number of anilines is 2. The zero-order chi connectivity index (χ0) is 14.5. The third-order valence-electron chi connectivity index (χ3n) is 3.85. The predicted octanol–water partition coefficient (Wildman–Crippen LogP) is 3.92. The van der Waals surface area contributed by atoms with E-state index in [1.165, 1.54) is 18.4 Å². The average molecular weight is 300 g/mol. The maximum absolute atomic E-state index is 12.1. The Hall–Kier alpha value is -1.81. The lowest BCUT2D eigenvalue weighted by molar-refractivity contribution is -0.116. The van der Waals surface area contributed by atoms with Crippen LogP contribution in [0.3, 0.4) is 0 Å². The highest BCUT2D eigenvalue weighted by Gasteiger charge is 2.16. The van der Waals surface area contributed by atoms with Crippen LogP contribution in [0.5, 0.6) is 0 Å². The fourth-order valence-electron chi connectivity index (χ4n) is 2.72. The smallest absolute Gasteiger partial charge is 0.224 e. The first kappa shape index (κ1) is 14.1. The van der Waals surface area contributed by atoms with E-state index < -0.39 is 0 Å². The molecule has 0 radical (unpaired) electrons. The van der Waals surface area contributed by atoms with Crippen molar-refractivity contribution >= 4 is 28.6 Å². The number of carbonyl (C=O) groups excluding carboxylic acids is 1. The molecule has 0 bridgehead atoms. The van der Waals surface area contributed by atoms with Crippen molar-refractivity contribution in [1.29, 1.82) is 0 Å². The Bertz CT molecular complexity index is 589. The van der Waals surface area contributed by atoms with Gasteiger partial charge in [0.2, 0.25) is 5.91 Å². The second-order valence-corrected chi connectivity index (χ2v) is 6.17. The summed E-state index contributed by atoms with van der Waals surface area (Å²) in [7, 11) is 0. The quantitative estimate of drug-likeness (QED) is 0.907. The fraction of sp³-hybridized carbons (Fsp3) is 0.353. The Morgan fingerprint density at radius 1 is 1.19 bits per heavy atom. The number of thiophene rings is 1. The zero-order valence-electron chi connectivity index (χ0n) is 12.0. The van der Waals surface area contributed by atoms with Crippen LogP contribution in [0, 0.1) is 0 Å². The van der Waals surface area contributed by atoms with Gasteiger partial charge in [0.15, 0.2) is 0 Å². The molecule has 0 spiro atoms. The van der Waals surface area contributed by atoms with Crippen LogP contribution in [-0.2, 0) is 11.2 Å². The molecule has 3 rings (SSSR count). The number of hydrogen-bond acceptors (Lipinski definition) is 3. The summed E-state index contributed by atoms with van der Waals surface area (Å²) in [5.74, 6) is 0.0906. The highest BCUT2D eigenvalue weighted by Crippen LogP contribution is 2.28. The summed E-state index contributed by atoms with van der Waals surface area (Å²) in [4.78, 5) is 14.5. The highest BCUT2D eigenvalue weighted by molar-refractivity contribution is 7.07. The molecular formula is C17H20N2OS. The summed E-state index contributed by atoms with van der Waals surface area (Å²) in [6.45, 7) is 2.17. The van der Waals surface area contributed by atoms with Gasteiger partial charge in [-0.2, -0.15) is 11.3 Å². The molecule has 1 N–H and O–H groups in total. The molecule has 0 unspecified atom stereocenters. The SMILES string of the molecule is O=C(CCc1ccsc1)Nc1ccccc1N1CCCC1. The van der Waals surface area contributed by atoms with Crippen LogP contribution in [-0.4, -0.2) is 19.0 Å². The van der Waals surface area contributed by atoms with Crippen molar-refractivity contribution in [2.24, 2.45) is 0 Å². The number of para-hydroxylation sites is 2. The van der Waals surface area contributed by atoms with Crippen molar-refractivity contribution in [2.45, 2.75) is 25.7 Å². The minimum absolute atomic E-state index is 0.0906. The first-order chi connectivity index (χ1) is 10.3. The topological polar surface area (TPSA) is 32.3 Å². The van der Waals surface area contributed by atoms with E-state index in [9.17, 15) is 4.79 Å². The van der Waals surface area contributed by atoms with E-state index in [2.05, 4.69) is 33.1 Å². The predicted molar refractivity (Wildman–Crippen MR) is 89.2 cm³/mol. The lowest BCUT2D eigenvalue weighted by Gasteiger charge is -2.21. The molecule has 0 aliphatic carbocycles. The highest BCUT2D eigenvalue weighted by atomic mass is 32.1. The van der Waals surface area contributed by atoms with Crippen LogP contribution in [0.4, 0.5) is 11.4 Å². The van der Waals surface area contributed by atoms with Crippen LogP contribution in [0.25, 0.3) is 0 Å². The van der Waals surface area contributed by atoms with Crippen molar-refractivity contribution in [3.8, 4) is 0 Å². The molecule has 3 nitrogen and oxygen atoms in total. The van der Waals surface area contributed by atoms with E-state index in [0.717, 1.165) is 30.9 Å². The fourth-order valence-corrected chi connectivity index (χ4v) is 3.42. The van der Waals surface area contributed by atoms with Crippen molar-refractivity contribution in [2.75, 3.05) is 23.3 Å². The summed E-state index contributed by atoms with van der Waals surface area (Å²) in [6.07, 6.45) is 3.81. The van der Waals surface area contributed by atoms with E-state index in [-0.39, 0.29) is 5.91 Å². The van der Waals surface area contributed by atoms with E-state index in [1.54, 1.807) is 11.3 Å². The van der Waals surface area contributed by atoms with Crippen molar-refractivity contribution < 1.29 is 4.79 Å². The van der Waals surface area contributed by atoms with Gasteiger partial charge in [-0.05, 0) is 53.8 Å². The molecule has 1 aromatic heterocycles. The van der Waals surface area contributed by atoms with E-state index >= 15 is 0 Å². The van der Waals surface area contributed by atoms with Gasteiger partial charge in [0.25, 0.3) is 0 Å². The van der Waals surface area contributed by atoms with Gasteiger partial charge in [0, 0.05) is 19.5 Å². The second-order valence-electron chi connectivity index (χ2n) is 5.39. The number of aryl methyl sites for hydroxylation is 1. The molecule has 21 heavy (non-hydrogen) atoms. The second kappa shape index (κ2) is 6.76. The summed E-state index contributed by atoms with van der Waals surface area (Å²) < 4.78 is 0. The molecule has 1 fully saturated rings. The molecule has 0 saturated carbocycles. The number of benzene rings is 1. The zero-order valence-corrected chi connectivity index (χ0v) is 12.9. The first-order valence-electron chi connectivity index (χ1n) is 7.48. The van der Waals surface area contributed by atoms with E-state index in [1.807, 2.05) is 18.2 Å². The molecule has 1 aromatic carbocycles. The number of hydrogen-bond donors (Lipinski definition) is 1. The van der Waals surface area contributed by atoms with Crippen LogP contribution in [0.15, 0.2) is 41.1 Å². The van der Waals surface area contributed by atoms with Gasteiger partial charge in [-0.15, -0.1) is 0 Å². The Labute approximate surface area is 129 Å². The van der Waals surface area contributed by atoms with Gasteiger partial charge in [-0.25, -0.2) is 0 Å². The van der Waals surface area contributed by atoms with E-state index in [4.69, 9.17) is 0 Å². The molecule has 1 amide bonds. The Morgan fingerprint density at radius 3 is 2.76 bits per heavy atom. The van der Waals surface area contributed by atoms with Crippen LogP contribution in [0.2, 0.25) is 0 Å². The molecule has 1 aliphatic rings. The average Bonchev–Trinajstić information content (AvgIpc) is 3.19. The third kappa shape index (κ3) is 3.64. The van der Waals surface area contributed by atoms with Crippen molar-refractivity contribution in [3.63, 3.8) is 0 Å². The van der Waals surface area contributed by atoms with Crippen LogP contribution >= 0.6 is 11.3 Å². The minimum Gasteiger partial charge on any atom is -0.370 e. The molecule has 1 saturated heterocycles. The van der Waals surface area contributed by atoms with Gasteiger partial charge >= 0.3 is 0 Å². The van der Waals surface area contributed by atoms with Crippen LogP contribution < -0.4 is 10.2 Å². The maximum atomic E-state index is 12.1. The van der Waals surface area contributed by atoms with Crippen molar-refractivity contribution in [3.05, 3.63) is 46.7 Å². The molecule has 1 aliphatic heterocycles. The largest absolute Gasteiger partial charge is 0.370 e. The molecule has 4 heteroatoms. The first-order valence-corrected chi connectivity index (χ1v) is 8.42. The summed E-state index contributed by atoms with van der Waals surface area (Å²) in [5, 5.41) is 7.23. The summed E-state index contributed by atoms with van der Waals surface area (Å²) in [6, 6.07) is 10.2. The normalized spacial score (nSPS) is 14.4. The minimum atomic E-state index is 0.0906. The number of nitrogens with zero attached hydrogens (tertiary/aromatic N) is 1. The van der Waals surface area contributed by atoms with Gasteiger partial charge in [0.1, 0.15) is 0 Å². The number of amides is 1. The lowest BCUT2D eigenvalue weighted by Crippen LogP contribution is -2.21. The van der Waals surface area contributed by atoms with Crippen LogP contribution in [0.1, 0.15) is 24.8 Å². The maximum Gasteiger partial charge on any atom is 0.224 e. The van der Waals surface area contributed by atoms with E-state index in [0.29, 0.717) is 6.42 Å². The summed E-state index contributed by atoms with van der Waals surface area (Å²) in [5.41, 5.74) is 3.33. The molecule has 2 aromatic rings. The standard InChI is InChI=1S/C17H20N2OS/c20-17(8-7-14-9-12-21-13-14)18-15-5-1-2-6-16(15)19-10-3-4-11-19/h1-2,5-6,9,12-13H,3-4,7-8,10-11H2,(H,18,20). The monoisotopic (exact) mass is 300 g/mol.